The number of methoxy groups -OCH3 is 1. The molecule has 0 heterocycles. The molecule has 0 spiro atoms. The lowest BCUT2D eigenvalue weighted by Crippen LogP contribution is -2.16. The van der Waals surface area contributed by atoms with Crippen molar-refractivity contribution in [1.82, 2.24) is 0 Å². The molecule has 1 rings (SSSR count). The van der Waals surface area contributed by atoms with Gasteiger partial charge in [-0.25, -0.2) is 8.42 Å². The van der Waals surface area contributed by atoms with Crippen LogP contribution < -0.4 is 10.5 Å². The standard InChI is InChI=1S/C11H14ClNO5S/c1-18-11-7(12)3-6(8(13)5-10(14)15)4-9(11)19(2,16)17/h3-4,8H,5,13H2,1-2H3,(H,14,15). The minimum atomic E-state index is -3.56. The van der Waals surface area contributed by atoms with Crippen molar-refractivity contribution in [3.63, 3.8) is 0 Å². The quantitative estimate of drug-likeness (QED) is 0.847. The van der Waals surface area contributed by atoms with Gasteiger partial charge in [-0.1, -0.05) is 11.6 Å². The second kappa shape index (κ2) is 5.77. The Kier molecular flexibility index (Phi) is 4.78. The molecule has 0 saturated carbocycles. The molecule has 8 heteroatoms. The summed E-state index contributed by atoms with van der Waals surface area (Å²) >= 11 is 5.93. The lowest BCUT2D eigenvalue weighted by molar-refractivity contribution is -0.137. The second-order valence-electron chi connectivity index (χ2n) is 4.01. The summed E-state index contributed by atoms with van der Waals surface area (Å²) in [6.07, 6.45) is 0.680. The summed E-state index contributed by atoms with van der Waals surface area (Å²) in [4.78, 5) is 10.5. The van der Waals surface area contributed by atoms with Crippen molar-refractivity contribution in [1.29, 1.82) is 0 Å². The van der Waals surface area contributed by atoms with E-state index in [-0.39, 0.29) is 22.1 Å². The SMILES string of the molecule is COc1c(Cl)cc(C(N)CC(=O)O)cc1S(C)(=O)=O. The zero-order valence-electron chi connectivity index (χ0n) is 10.4. The van der Waals surface area contributed by atoms with Gasteiger partial charge in [0.05, 0.1) is 18.6 Å². The van der Waals surface area contributed by atoms with Crippen LogP contribution in [0.1, 0.15) is 18.0 Å². The fraction of sp³-hybridized carbons (Fsp3) is 0.364. The maximum absolute atomic E-state index is 11.7. The van der Waals surface area contributed by atoms with Crippen LogP contribution in [0.25, 0.3) is 0 Å². The summed E-state index contributed by atoms with van der Waals surface area (Å²) in [5.74, 6) is -1.06. The number of aliphatic carboxylic acids is 1. The van der Waals surface area contributed by atoms with Crippen LogP contribution in [0.15, 0.2) is 17.0 Å². The average Bonchev–Trinajstić information content (AvgIpc) is 2.25. The lowest BCUT2D eigenvalue weighted by atomic mass is 10.0. The molecule has 0 aliphatic rings. The summed E-state index contributed by atoms with van der Waals surface area (Å²) in [6, 6.07) is 1.84. The molecule has 0 aliphatic carbocycles. The van der Waals surface area contributed by atoms with Gasteiger partial charge in [-0.05, 0) is 17.7 Å². The van der Waals surface area contributed by atoms with Gasteiger partial charge in [0, 0.05) is 12.3 Å². The van der Waals surface area contributed by atoms with Crippen molar-refractivity contribution >= 4 is 27.4 Å². The number of benzene rings is 1. The zero-order valence-corrected chi connectivity index (χ0v) is 12.0. The Morgan fingerprint density at radius 1 is 1.53 bits per heavy atom. The summed E-state index contributed by atoms with van der Waals surface area (Å²) in [6.45, 7) is 0. The molecule has 19 heavy (non-hydrogen) atoms. The van der Waals surface area contributed by atoms with E-state index in [4.69, 9.17) is 27.2 Å². The number of hydrogen-bond acceptors (Lipinski definition) is 5. The first kappa shape index (κ1) is 15.7. The molecule has 0 saturated heterocycles. The topological polar surface area (TPSA) is 107 Å². The summed E-state index contributed by atoms with van der Waals surface area (Å²) in [7, 11) is -2.27. The van der Waals surface area contributed by atoms with E-state index in [0.29, 0.717) is 5.56 Å². The smallest absolute Gasteiger partial charge is 0.305 e. The van der Waals surface area contributed by atoms with Gasteiger partial charge >= 0.3 is 5.97 Å². The van der Waals surface area contributed by atoms with Crippen molar-refractivity contribution in [2.75, 3.05) is 13.4 Å². The zero-order chi connectivity index (χ0) is 14.8. The molecule has 1 atom stereocenters. The van der Waals surface area contributed by atoms with Crippen molar-refractivity contribution in [3.05, 3.63) is 22.7 Å². The minimum Gasteiger partial charge on any atom is -0.494 e. The highest BCUT2D eigenvalue weighted by molar-refractivity contribution is 7.90. The third kappa shape index (κ3) is 3.82. The number of hydrogen-bond donors (Lipinski definition) is 2. The van der Waals surface area contributed by atoms with E-state index >= 15 is 0 Å². The van der Waals surface area contributed by atoms with Gasteiger partial charge in [0.15, 0.2) is 15.6 Å². The normalized spacial score (nSPS) is 13.1. The molecule has 1 unspecified atom stereocenters. The first-order chi connectivity index (χ1) is 8.66. The molecule has 0 aliphatic heterocycles. The van der Waals surface area contributed by atoms with E-state index in [1.165, 1.54) is 19.2 Å². The van der Waals surface area contributed by atoms with Crippen molar-refractivity contribution in [3.8, 4) is 5.75 Å². The third-order valence-corrected chi connectivity index (χ3v) is 3.84. The number of carboxylic acid groups (broad SMARTS) is 1. The minimum absolute atomic E-state index is 0.0236. The largest absolute Gasteiger partial charge is 0.494 e. The van der Waals surface area contributed by atoms with Gasteiger partial charge < -0.3 is 15.6 Å². The van der Waals surface area contributed by atoms with E-state index in [1.807, 2.05) is 0 Å². The first-order valence-corrected chi connectivity index (χ1v) is 7.48. The average molecular weight is 308 g/mol. The molecule has 1 aromatic carbocycles. The fourth-order valence-electron chi connectivity index (χ4n) is 1.58. The lowest BCUT2D eigenvalue weighted by Gasteiger charge is -2.15. The first-order valence-electron chi connectivity index (χ1n) is 5.21. The number of sulfone groups is 1. The highest BCUT2D eigenvalue weighted by Gasteiger charge is 2.21. The predicted molar refractivity (Wildman–Crippen MR) is 70.3 cm³/mol. The Labute approximate surface area is 116 Å². The van der Waals surface area contributed by atoms with Gasteiger partial charge in [0.25, 0.3) is 0 Å². The van der Waals surface area contributed by atoms with Crippen molar-refractivity contribution < 1.29 is 23.1 Å². The Balaban J connectivity index is 3.39. The molecular formula is C11H14ClNO5S. The molecule has 0 amide bonds. The van der Waals surface area contributed by atoms with Gasteiger partial charge in [-0.3, -0.25) is 4.79 Å². The fourth-order valence-corrected chi connectivity index (χ4v) is 2.82. The van der Waals surface area contributed by atoms with E-state index in [9.17, 15) is 13.2 Å². The van der Waals surface area contributed by atoms with E-state index in [0.717, 1.165) is 6.26 Å². The van der Waals surface area contributed by atoms with Crippen LogP contribution in [0.4, 0.5) is 0 Å². The second-order valence-corrected chi connectivity index (χ2v) is 6.40. The van der Waals surface area contributed by atoms with Crippen LogP contribution in [-0.2, 0) is 14.6 Å². The van der Waals surface area contributed by atoms with Gasteiger partial charge in [-0.15, -0.1) is 0 Å². The van der Waals surface area contributed by atoms with E-state index in [1.54, 1.807) is 0 Å². The molecular weight excluding hydrogens is 294 g/mol. The molecule has 0 aromatic heterocycles. The van der Waals surface area contributed by atoms with Gasteiger partial charge in [0.1, 0.15) is 4.90 Å². The highest BCUT2D eigenvalue weighted by Crippen LogP contribution is 2.35. The van der Waals surface area contributed by atoms with Crippen molar-refractivity contribution in [2.24, 2.45) is 5.73 Å². The van der Waals surface area contributed by atoms with E-state index < -0.39 is 21.8 Å². The van der Waals surface area contributed by atoms with Crippen molar-refractivity contribution in [2.45, 2.75) is 17.4 Å². The molecule has 0 fully saturated rings. The summed E-state index contributed by atoms with van der Waals surface area (Å²) in [5, 5.41) is 8.76. The van der Waals surface area contributed by atoms with Crippen LogP contribution in [0.5, 0.6) is 5.75 Å². The number of rotatable bonds is 5. The molecule has 1 aromatic rings. The van der Waals surface area contributed by atoms with E-state index in [2.05, 4.69) is 0 Å². The molecule has 0 radical (unpaired) electrons. The van der Waals surface area contributed by atoms with Crippen LogP contribution in [0.3, 0.4) is 0 Å². The number of carboxylic acids is 1. The van der Waals surface area contributed by atoms with Crippen LogP contribution in [-0.4, -0.2) is 32.9 Å². The maximum atomic E-state index is 11.7. The van der Waals surface area contributed by atoms with Gasteiger partial charge in [-0.2, -0.15) is 0 Å². The van der Waals surface area contributed by atoms with Crippen LogP contribution in [0, 0.1) is 0 Å². The summed E-state index contributed by atoms with van der Waals surface area (Å²) < 4.78 is 28.3. The number of ether oxygens (including phenoxy) is 1. The number of halogens is 1. The summed E-state index contributed by atoms with van der Waals surface area (Å²) in [5.41, 5.74) is 6.02. The Morgan fingerprint density at radius 2 is 2.11 bits per heavy atom. The monoisotopic (exact) mass is 307 g/mol. The molecule has 0 bridgehead atoms. The predicted octanol–water partition coefficient (Wildman–Crippen LogP) is 1.23. The van der Waals surface area contributed by atoms with Crippen LogP contribution in [0.2, 0.25) is 5.02 Å². The highest BCUT2D eigenvalue weighted by atomic mass is 35.5. The Bertz CT molecular complexity index is 599. The Hall–Kier alpha value is -1.31. The molecule has 3 N–H and O–H groups in total. The maximum Gasteiger partial charge on any atom is 0.305 e. The number of carbonyl (C=O) groups is 1. The Morgan fingerprint density at radius 3 is 2.53 bits per heavy atom. The van der Waals surface area contributed by atoms with Crippen LogP contribution >= 0.6 is 11.6 Å². The van der Waals surface area contributed by atoms with Gasteiger partial charge in [0.2, 0.25) is 0 Å². The third-order valence-electron chi connectivity index (χ3n) is 2.46. The number of nitrogens with two attached hydrogens (primary N) is 1. The molecule has 6 nitrogen and oxygen atoms in total. The molecule has 106 valence electrons.